The third kappa shape index (κ3) is 4.68. The Kier molecular flexibility index (Phi) is 5.63. The van der Waals surface area contributed by atoms with E-state index >= 15 is 0 Å². The quantitative estimate of drug-likeness (QED) is 0.639. The van der Waals surface area contributed by atoms with Gasteiger partial charge in [-0.25, -0.2) is 4.79 Å². The van der Waals surface area contributed by atoms with Crippen molar-refractivity contribution in [3.05, 3.63) is 47.4 Å². The second-order valence-corrected chi connectivity index (χ2v) is 7.01. The number of alkyl halides is 3. The fourth-order valence-corrected chi connectivity index (χ4v) is 3.18. The number of carboxylic acids is 1. The lowest BCUT2D eigenvalue weighted by Gasteiger charge is -2.28. The summed E-state index contributed by atoms with van der Waals surface area (Å²) in [6, 6.07) is 8.54. The summed E-state index contributed by atoms with van der Waals surface area (Å²) in [5.41, 5.74) is 3.30. The number of carbonyl (C=O) groups is 1. The smallest absolute Gasteiger partial charge is 0.490 e. The Bertz CT molecular complexity index is 1070. The van der Waals surface area contributed by atoms with E-state index in [2.05, 4.69) is 32.7 Å². The normalized spacial score (nSPS) is 15.5. The number of rotatable bonds is 4. The van der Waals surface area contributed by atoms with Gasteiger partial charge < -0.3 is 19.7 Å². The second-order valence-electron chi connectivity index (χ2n) is 7.01. The maximum Gasteiger partial charge on any atom is 0.490 e. The fourth-order valence-electron chi connectivity index (χ4n) is 3.18. The summed E-state index contributed by atoms with van der Waals surface area (Å²) < 4.78 is 44.7. The maximum atomic E-state index is 10.6. The van der Waals surface area contributed by atoms with Crippen LogP contribution in [0.15, 0.2) is 35.0 Å². The molecule has 2 aromatic heterocycles. The molecule has 1 fully saturated rings. The molecular formula is C19H18F3N5O4. The van der Waals surface area contributed by atoms with Crippen molar-refractivity contribution in [3.8, 4) is 17.3 Å². The Morgan fingerprint density at radius 1 is 1.29 bits per heavy atom. The Hall–Kier alpha value is -3.41. The number of carboxylic acid groups (broad SMARTS) is 1. The SMILES string of the molecule is O=C(O)C(F)(F)F.c1cc(-c2nc(Cc3ccc4c(c3)CCO4)no2)n(C2CNC2)n1. The van der Waals surface area contributed by atoms with E-state index in [1.165, 1.54) is 11.1 Å². The first-order valence-corrected chi connectivity index (χ1v) is 9.43. The first kappa shape index (κ1) is 20.8. The number of aliphatic carboxylic acids is 1. The van der Waals surface area contributed by atoms with Gasteiger partial charge in [0.1, 0.15) is 11.4 Å². The van der Waals surface area contributed by atoms with Gasteiger partial charge in [-0.3, -0.25) is 4.68 Å². The molecule has 0 saturated carbocycles. The van der Waals surface area contributed by atoms with Gasteiger partial charge >= 0.3 is 12.1 Å². The van der Waals surface area contributed by atoms with Crippen LogP contribution in [0.2, 0.25) is 0 Å². The summed E-state index contributed by atoms with van der Waals surface area (Å²) in [6.07, 6.45) is -1.69. The van der Waals surface area contributed by atoms with Crippen molar-refractivity contribution in [2.24, 2.45) is 0 Å². The number of benzene rings is 1. The van der Waals surface area contributed by atoms with Crippen LogP contribution in [0.1, 0.15) is 23.0 Å². The van der Waals surface area contributed by atoms with Crippen LogP contribution in [0.25, 0.3) is 11.6 Å². The molecular weight excluding hydrogens is 419 g/mol. The molecule has 2 aliphatic rings. The molecule has 164 valence electrons. The average Bonchev–Trinajstić information content (AvgIpc) is 3.40. The third-order valence-electron chi connectivity index (χ3n) is 4.82. The van der Waals surface area contributed by atoms with Crippen LogP contribution in [0.4, 0.5) is 13.2 Å². The van der Waals surface area contributed by atoms with E-state index in [-0.39, 0.29) is 0 Å². The number of fused-ring (bicyclic) bond motifs is 1. The molecule has 1 aromatic carbocycles. The van der Waals surface area contributed by atoms with Gasteiger partial charge in [0.05, 0.1) is 12.6 Å². The lowest BCUT2D eigenvalue weighted by atomic mass is 10.1. The minimum atomic E-state index is -5.08. The average molecular weight is 437 g/mol. The number of halogens is 3. The van der Waals surface area contributed by atoms with Gasteiger partial charge in [-0.1, -0.05) is 17.3 Å². The van der Waals surface area contributed by atoms with Crippen LogP contribution in [-0.4, -0.2) is 56.9 Å². The molecule has 12 heteroatoms. The van der Waals surface area contributed by atoms with Crippen molar-refractivity contribution >= 4 is 5.97 Å². The number of hydrogen-bond donors (Lipinski definition) is 2. The van der Waals surface area contributed by atoms with Crippen molar-refractivity contribution in [1.29, 1.82) is 0 Å². The molecule has 0 amide bonds. The monoisotopic (exact) mass is 437 g/mol. The molecule has 0 unspecified atom stereocenters. The first-order chi connectivity index (χ1) is 14.8. The molecule has 0 aliphatic carbocycles. The van der Waals surface area contributed by atoms with Crippen molar-refractivity contribution in [2.75, 3.05) is 19.7 Å². The van der Waals surface area contributed by atoms with Crippen LogP contribution < -0.4 is 10.1 Å². The lowest BCUT2D eigenvalue weighted by Crippen LogP contribution is -2.44. The third-order valence-corrected chi connectivity index (χ3v) is 4.82. The topological polar surface area (TPSA) is 115 Å². The number of nitrogens with one attached hydrogen (secondary N) is 1. The highest BCUT2D eigenvalue weighted by atomic mass is 19.4. The van der Waals surface area contributed by atoms with Crippen LogP contribution in [0.5, 0.6) is 5.75 Å². The van der Waals surface area contributed by atoms with E-state index in [4.69, 9.17) is 19.2 Å². The van der Waals surface area contributed by atoms with Crippen molar-refractivity contribution in [2.45, 2.75) is 25.1 Å². The van der Waals surface area contributed by atoms with Crippen LogP contribution >= 0.6 is 0 Å². The van der Waals surface area contributed by atoms with Gasteiger partial charge in [0.25, 0.3) is 5.89 Å². The Balaban J connectivity index is 0.000000289. The molecule has 1 saturated heterocycles. The van der Waals surface area contributed by atoms with Crippen LogP contribution in [0.3, 0.4) is 0 Å². The Morgan fingerprint density at radius 3 is 2.74 bits per heavy atom. The molecule has 0 atom stereocenters. The zero-order chi connectivity index (χ0) is 22.0. The minimum absolute atomic E-state index is 0.363. The summed E-state index contributed by atoms with van der Waals surface area (Å²) in [5.74, 6) is -0.555. The number of nitrogens with zero attached hydrogens (tertiary/aromatic N) is 4. The molecule has 31 heavy (non-hydrogen) atoms. The Morgan fingerprint density at radius 2 is 2.06 bits per heavy atom. The van der Waals surface area contributed by atoms with Gasteiger partial charge in [0, 0.05) is 32.1 Å². The van der Waals surface area contributed by atoms with Crippen molar-refractivity contribution in [1.82, 2.24) is 25.2 Å². The van der Waals surface area contributed by atoms with Gasteiger partial charge in [-0.2, -0.15) is 23.3 Å². The summed E-state index contributed by atoms with van der Waals surface area (Å²) in [4.78, 5) is 13.4. The summed E-state index contributed by atoms with van der Waals surface area (Å²) in [5, 5.41) is 18.9. The summed E-state index contributed by atoms with van der Waals surface area (Å²) in [6.45, 7) is 2.62. The summed E-state index contributed by atoms with van der Waals surface area (Å²) in [7, 11) is 0. The predicted octanol–water partition coefficient (Wildman–Crippen LogP) is 2.24. The highest BCUT2D eigenvalue weighted by Gasteiger charge is 2.38. The van der Waals surface area contributed by atoms with E-state index in [0.29, 0.717) is 24.2 Å². The maximum absolute atomic E-state index is 10.6. The predicted molar refractivity (Wildman–Crippen MR) is 99.6 cm³/mol. The van der Waals surface area contributed by atoms with Gasteiger partial charge in [-0.15, -0.1) is 0 Å². The van der Waals surface area contributed by atoms with E-state index in [9.17, 15) is 13.2 Å². The zero-order valence-corrected chi connectivity index (χ0v) is 16.1. The standard InChI is InChI=1S/C17H17N5O2.C2HF3O2/c1-2-15-12(4-6-23-15)7-11(1)8-16-20-17(24-21-16)14-3-5-19-22(14)13-9-18-10-13;3-2(4,5)1(6)7/h1-3,5,7,13,18H,4,6,8-10H2;(H,6,7). The molecule has 2 aliphatic heterocycles. The summed E-state index contributed by atoms with van der Waals surface area (Å²) >= 11 is 0. The second kappa shape index (κ2) is 8.38. The van der Waals surface area contributed by atoms with Gasteiger partial charge in [0.2, 0.25) is 0 Å². The first-order valence-electron chi connectivity index (χ1n) is 9.43. The van der Waals surface area contributed by atoms with Crippen molar-refractivity contribution in [3.63, 3.8) is 0 Å². The molecule has 5 rings (SSSR count). The van der Waals surface area contributed by atoms with Crippen molar-refractivity contribution < 1.29 is 32.3 Å². The van der Waals surface area contributed by atoms with E-state index in [1.54, 1.807) is 6.20 Å². The highest BCUT2D eigenvalue weighted by molar-refractivity contribution is 5.73. The number of ether oxygens (including phenoxy) is 1. The molecule has 0 bridgehead atoms. The Labute approximate surface area is 173 Å². The largest absolute Gasteiger partial charge is 0.493 e. The van der Waals surface area contributed by atoms with Crippen LogP contribution in [-0.2, 0) is 17.6 Å². The molecule has 0 radical (unpaired) electrons. The van der Waals surface area contributed by atoms with Crippen LogP contribution in [0, 0.1) is 0 Å². The molecule has 9 nitrogen and oxygen atoms in total. The lowest BCUT2D eigenvalue weighted by molar-refractivity contribution is -0.192. The van der Waals surface area contributed by atoms with E-state index in [1.807, 2.05) is 16.8 Å². The van der Waals surface area contributed by atoms with Gasteiger partial charge in [0.15, 0.2) is 5.82 Å². The van der Waals surface area contributed by atoms with Gasteiger partial charge in [-0.05, 0) is 23.3 Å². The minimum Gasteiger partial charge on any atom is -0.493 e. The molecule has 4 heterocycles. The number of aromatic nitrogens is 4. The fraction of sp³-hybridized carbons (Fsp3) is 0.368. The molecule has 0 spiro atoms. The highest BCUT2D eigenvalue weighted by Crippen LogP contribution is 2.27. The zero-order valence-electron chi connectivity index (χ0n) is 16.1. The number of hydrogen-bond acceptors (Lipinski definition) is 7. The van der Waals surface area contributed by atoms with E-state index < -0.39 is 12.1 Å². The molecule has 3 aromatic rings. The molecule has 2 N–H and O–H groups in total. The van der Waals surface area contributed by atoms with E-state index in [0.717, 1.165) is 37.6 Å².